The van der Waals surface area contributed by atoms with Gasteiger partial charge in [0, 0.05) is 45.2 Å². The second-order valence-electron chi connectivity index (χ2n) is 5.52. The standard InChI is InChI=1S/C15H21N3O/c1-17-6-8-18(9-7-17)15(19)10-14-13-5-3-2-4-12(13)11-16-14/h2-5,14,16H,6-11H2,1H3. The number of carbonyl (C=O) groups is 1. The average molecular weight is 259 g/mol. The third-order valence-electron chi connectivity index (χ3n) is 4.20. The molecule has 4 nitrogen and oxygen atoms in total. The summed E-state index contributed by atoms with van der Waals surface area (Å²) < 4.78 is 0. The fraction of sp³-hybridized carbons (Fsp3) is 0.533. The third kappa shape index (κ3) is 2.65. The number of rotatable bonds is 2. The summed E-state index contributed by atoms with van der Waals surface area (Å²) in [6.07, 6.45) is 0.584. The summed E-state index contributed by atoms with van der Waals surface area (Å²) in [5.41, 5.74) is 2.63. The van der Waals surface area contributed by atoms with Crippen LogP contribution in [0.5, 0.6) is 0 Å². The molecular weight excluding hydrogens is 238 g/mol. The van der Waals surface area contributed by atoms with E-state index in [-0.39, 0.29) is 11.9 Å². The first-order valence-electron chi connectivity index (χ1n) is 7.01. The minimum Gasteiger partial charge on any atom is -0.340 e. The number of hydrogen-bond acceptors (Lipinski definition) is 3. The Labute approximate surface area is 114 Å². The molecule has 1 N–H and O–H groups in total. The van der Waals surface area contributed by atoms with E-state index in [0.29, 0.717) is 6.42 Å². The van der Waals surface area contributed by atoms with Gasteiger partial charge < -0.3 is 15.1 Å². The molecule has 102 valence electrons. The molecule has 19 heavy (non-hydrogen) atoms. The molecule has 1 atom stereocenters. The van der Waals surface area contributed by atoms with Gasteiger partial charge in [0.1, 0.15) is 0 Å². The first-order chi connectivity index (χ1) is 9.24. The molecule has 0 saturated carbocycles. The Bertz CT molecular complexity index is 466. The Hall–Kier alpha value is -1.39. The summed E-state index contributed by atoms with van der Waals surface area (Å²) in [6.45, 7) is 4.59. The number of likely N-dealkylation sites (N-methyl/N-ethyl adjacent to an activating group) is 1. The molecule has 0 aromatic heterocycles. The van der Waals surface area contributed by atoms with Gasteiger partial charge >= 0.3 is 0 Å². The molecule has 1 aromatic carbocycles. The lowest BCUT2D eigenvalue weighted by molar-refractivity contribution is -0.133. The molecule has 1 amide bonds. The zero-order chi connectivity index (χ0) is 13.2. The van der Waals surface area contributed by atoms with Gasteiger partial charge in [0.15, 0.2) is 0 Å². The van der Waals surface area contributed by atoms with Gasteiger partial charge in [0.2, 0.25) is 5.91 Å². The van der Waals surface area contributed by atoms with Gasteiger partial charge in [0.25, 0.3) is 0 Å². The lowest BCUT2D eigenvalue weighted by atomic mass is 10.0. The van der Waals surface area contributed by atoms with Crippen LogP contribution in [0.3, 0.4) is 0 Å². The van der Waals surface area contributed by atoms with Crippen LogP contribution in [-0.4, -0.2) is 48.9 Å². The normalized spacial score (nSPS) is 23.4. The van der Waals surface area contributed by atoms with Crippen molar-refractivity contribution in [2.75, 3.05) is 33.2 Å². The van der Waals surface area contributed by atoms with Gasteiger partial charge in [-0.05, 0) is 18.2 Å². The van der Waals surface area contributed by atoms with Crippen LogP contribution in [0.2, 0.25) is 0 Å². The van der Waals surface area contributed by atoms with E-state index in [9.17, 15) is 4.79 Å². The zero-order valence-electron chi connectivity index (χ0n) is 11.4. The van der Waals surface area contributed by atoms with Crippen molar-refractivity contribution in [3.05, 3.63) is 35.4 Å². The maximum absolute atomic E-state index is 12.3. The summed E-state index contributed by atoms with van der Waals surface area (Å²) in [7, 11) is 2.11. The molecule has 3 rings (SSSR count). The van der Waals surface area contributed by atoms with Crippen LogP contribution in [0.25, 0.3) is 0 Å². The summed E-state index contributed by atoms with van der Waals surface area (Å²) in [4.78, 5) is 16.6. The zero-order valence-corrected chi connectivity index (χ0v) is 11.4. The van der Waals surface area contributed by atoms with Gasteiger partial charge in [-0.1, -0.05) is 24.3 Å². The molecule has 1 fully saturated rings. The minimum absolute atomic E-state index is 0.198. The maximum atomic E-state index is 12.3. The summed E-state index contributed by atoms with van der Waals surface area (Å²) in [6, 6.07) is 8.59. The van der Waals surface area contributed by atoms with Gasteiger partial charge in [-0.15, -0.1) is 0 Å². The van der Waals surface area contributed by atoms with Crippen LogP contribution in [-0.2, 0) is 11.3 Å². The number of fused-ring (bicyclic) bond motifs is 1. The Morgan fingerprint density at radius 2 is 2.00 bits per heavy atom. The summed E-state index contributed by atoms with van der Waals surface area (Å²) in [5, 5.41) is 3.44. The van der Waals surface area contributed by atoms with Crippen LogP contribution in [0.1, 0.15) is 23.6 Å². The average Bonchev–Trinajstić information content (AvgIpc) is 2.83. The SMILES string of the molecule is CN1CCN(C(=O)CC2NCc3ccccc32)CC1. The number of benzene rings is 1. The second kappa shape index (κ2) is 5.31. The largest absolute Gasteiger partial charge is 0.340 e. The minimum atomic E-state index is 0.198. The molecule has 4 heteroatoms. The molecule has 2 heterocycles. The van der Waals surface area contributed by atoms with Crippen molar-refractivity contribution in [2.24, 2.45) is 0 Å². The first-order valence-corrected chi connectivity index (χ1v) is 7.01. The van der Waals surface area contributed by atoms with Crippen molar-refractivity contribution in [1.82, 2.24) is 15.1 Å². The molecule has 0 spiro atoms. The number of piperazine rings is 1. The van der Waals surface area contributed by atoms with E-state index in [1.54, 1.807) is 0 Å². The van der Waals surface area contributed by atoms with Crippen molar-refractivity contribution in [3.63, 3.8) is 0 Å². The number of amides is 1. The number of hydrogen-bond donors (Lipinski definition) is 1. The van der Waals surface area contributed by atoms with E-state index in [1.807, 2.05) is 4.90 Å². The van der Waals surface area contributed by atoms with E-state index in [1.165, 1.54) is 11.1 Å². The van der Waals surface area contributed by atoms with Crippen LogP contribution >= 0.6 is 0 Å². The molecule has 0 aliphatic carbocycles. The van der Waals surface area contributed by atoms with E-state index < -0.39 is 0 Å². The highest BCUT2D eigenvalue weighted by Crippen LogP contribution is 2.27. The predicted octanol–water partition coefficient (Wildman–Crippen LogP) is 0.995. The lowest BCUT2D eigenvalue weighted by Gasteiger charge is -2.33. The van der Waals surface area contributed by atoms with Crippen LogP contribution in [0, 0.1) is 0 Å². The van der Waals surface area contributed by atoms with Gasteiger partial charge in [0.05, 0.1) is 0 Å². The van der Waals surface area contributed by atoms with Crippen molar-refractivity contribution >= 4 is 5.91 Å². The molecule has 2 aliphatic heterocycles. The van der Waals surface area contributed by atoms with Crippen LogP contribution in [0.15, 0.2) is 24.3 Å². The van der Waals surface area contributed by atoms with Crippen LogP contribution < -0.4 is 5.32 Å². The molecule has 1 unspecified atom stereocenters. The Balaban J connectivity index is 1.62. The van der Waals surface area contributed by atoms with E-state index >= 15 is 0 Å². The number of carbonyl (C=O) groups excluding carboxylic acids is 1. The van der Waals surface area contributed by atoms with Crippen molar-refractivity contribution in [1.29, 1.82) is 0 Å². The monoisotopic (exact) mass is 259 g/mol. The van der Waals surface area contributed by atoms with E-state index in [4.69, 9.17) is 0 Å². The predicted molar refractivity (Wildman–Crippen MR) is 74.7 cm³/mol. The second-order valence-corrected chi connectivity index (χ2v) is 5.52. The van der Waals surface area contributed by atoms with Crippen LogP contribution in [0.4, 0.5) is 0 Å². The third-order valence-corrected chi connectivity index (χ3v) is 4.20. The molecule has 0 radical (unpaired) electrons. The van der Waals surface area contributed by atoms with Gasteiger partial charge in [-0.3, -0.25) is 4.79 Å². The fourth-order valence-corrected chi connectivity index (χ4v) is 2.92. The molecule has 1 saturated heterocycles. The summed E-state index contributed by atoms with van der Waals surface area (Å²) >= 11 is 0. The first kappa shape index (κ1) is 12.6. The number of nitrogens with zero attached hydrogens (tertiary/aromatic N) is 2. The topological polar surface area (TPSA) is 35.6 Å². The highest BCUT2D eigenvalue weighted by Gasteiger charge is 2.26. The van der Waals surface area contributed by atoms with Crippen molar-refractivity contribution in [2.45, 2.75) is 19.0 Å². The van der Waals surface area contributed by atoms with Gasteiger partial charge in [-0.25, -0.2) is 0 Å². The molecule has 1 aromatic rings. The summed E-state index contributed by atoms with van der Waals surface area (Å²) in [5.74, 6) is 0.280. The Morgan fingerprint density at radius 1 is 1.26 bits per heavy atom. The molecule has 2 aliphatic rings. The quantitative estimate of drug-likeness (QED) is 0.860. The number of nitrogens with one attached hydrogen (secondary N) is 1. The molecular formula is C15H21N3O. The van der Waals surface area contributed by atoms with Crippen molar-refractivity contribution in [3.8, 4) is 0 Å². The smallest absolute Gasteiger partial charge is 0.224 e. The maximum Gasteiger partial charge on any atom is 0.224 e. The highest BCUT2D eigenvalue weighted by atomic mass is 16.2. The van der Waals surface area contributed by atoms with E-state index in [2.05, 4.69) is 41.5 Å². The van der Waals surface area contributed by atoms with Crippen molar-refractivity contribution < 1.29 is 4.79 Å². The lowest BCUT2D eigenvalue weighted by Crippen LogP contribution is -2.47. The molecule has 0 bridgehead atoms. The van der Waals surface area contributed by atoms with E-state index in [0.717, 1.165) is 32.7 Å². The Morgan fingerprint density at radius 3 is 2.79 bits per heavy atom. The Kier molecular flexibility index (Phi) is 3.53. The van der Waals surface area contributed by atoms with Gasteiger partial charge in [-0.2, -0.15) is 0 Å². The highest BCUT2D eigenvalue weighted by molar-refractivity contribution is 5.77. The fourth-order valence-electron chi connectivity index (χ4n) is 2.92.